The van der Waals surface area contributed by atoms with Crippen molar-refractivity contribution in [2.24, 2.45) is 17.8 Å². The first-order valence-corrected chi connectivity index (χ1v) is 7.13. The van der Waals surface area contributed by atoms with E-state index in [2.05, 4.69) is 37.3 Å². The molecule has 0 saturated heterocycles. The lowest BCUT2D eigenvalue weighted by Gasteiger charge is -2.32. The Hall–Kier alpha value is -0.990. The lowest BCUT2D eigenvalue weighted by Crippen LogP contribution is -2.29. The van der Waals surface area contributed by atoms with E-state index in [1.165, 1.54) is 5.57 Å². The van der Waals surface area contributed by atoms with Crippen molar-refractivity contribution < 1.29 is 13.2 Å². The highest BCUT2D eigenvalue weighted by atomic mass is 19.4. The Labute approximate surface area is 113 Å². The summed E-state index contributed by atoms with van der Waals surface area (Å²) in [6.45, 7) is 2.11. The van der Waals surface area contributed by atoms with E-state index in [4.69, 9.17) is 0 Å². The summed E-state index contributed by atoms with van der Waals surface area (Å²) >= 11 is 0. The average Bonchev–Trinajstić information content (AvgIpc) is 2.63. The van der Waals surface area contributed by atoms with E-state index in [-0.39, 0.29) is 0 Å². The van der Waals surface area contributed by atoms with Crippen molar-refractivity contribution in [2.45, 2.75) is 45.2 Å². The molecular weight excluding hydrogens is 249 g/mol. The Bertz CT molecular complexity index is 379. The fourth-order valence-electron chi connectivity index (χ4n) is 3.04. The van der Waals surface area contributed by atoms with Crippen molar-refractivity contribution in [1.29, 1.82) is 0 Å². The summed E-state index contributed by atoms with van der Waals surface area (Å²) in [5.74, 6) is -0.406. The van der Waals surface area contributed by atoms with Gasteiger partial charge in [0, 0.05) is 0 Å². The van der Waals surface area contributed by atoms with Crippen LogP contribution in [0.15, 0.2) is 36.0 Å². The van der Waals surface area contributed by atoms with Crippen LogP contribution in [0.2, 0.25) is 0 Å². The summed E-state index contributed by atoms with van der Waals surface area (Å²) in [5.41, 5.74) is 1.28. The van der Waals surface area contributed by atoms with Gasteiger partial charge in [0.15, 0.2) is 0 Å². The van der Waals surface area contributed by atoms with Crippen molar-refractivity contribution in [3.63, 3.8) is 0 Å². The minimum Gasteiger partial charge on any atom is -0.171 e. The maximum atomic E-state index is 12.6. The predicted octanol–water partition coefficient (Wildman–Crippen LogP) is 5.43. The van der Waals surface area contributed by atoms with Crippen LogP contribution in [0.4, 0.5) is 13.2 Å². The first-order chi connectivity index (χ1) is 9.00. The summed E-state index contributed by atoms with van der Waals surface area (Å²) in [7, 11) is 0. The van der Waals surface area contributed by atoms with Crippen molar-refractivity contribution in [3.05, 3.63) is 36.0 Å². The highest BCUT2D eigenvalue weighted by molar-refractivity contribution is 5.28. The molecule has 0 heterocycles. The third-order valence-corrected chi connectivity index (χ3v) is 4.36. The molecule has 0 aliphatic heterocycles. The van der Waals surface area contributed by atoms with Gasteiger partial charge in [0.1, 0.15) is 0 Å². The summed E-state index contributed by atoms with van der Waals surface area (Å²) in [5, 5.41) is 0. The number of hydrogen-bond acceptors (Lipinski definition) is 0. The number of allylic oxidation sites excluding steroid dienone is 6. The molecule has 2 aliphatic rings. The SMILES string of the molecule is CCC1=CC=CC(C2CCC(C(F)(F)F)CC2)C=C1. The van der Waals surface area contributed by atoms with E-state index >= 15 is 0 Å². The predicted molar refractivity (Wildman–Crippen MR) is 71.6 cm³/mol. The first-order valence-electron chi connectivity index (χ1n) is 7.13. The van der Waals surface area contributed by atoms with Gasteiger partial charge in [0.05, 0.1) is 5.92 Å². The van der Waals surface area contributed by atoms with Crippen LogP contribution in [0, 0.1) is 17.8 Å². The molecule has 1 atom stereocenters. The Morgan fingerprint density at radius 2 is 1.79 bits per heavy atom. The minimum absolute atomic E-state index is 0.292. The van der Waals surface area contributed by atoms with Crippen LogP contribution in [0.3, 0.4) is 0 Å². The fourth-order valence-corrected chi connectivity index (χ4v) is 3.04. The number of hydrogen-bond donors (Lipinski definition) is 0. The van der Waals surface area contributed by atoms with E-state index < -0.39 is 12.1 Å². The highest BCUT2D eigenvalue weighted by Gasteiger charge is 2.41. The van der Waals surface area contributed by atoms with E-state index in [9.17, 15) is 13.2 Å². The molecule has 0 aromatic carbocycles. The van der Waals surface area contributed by atoms with Gasteiger partial charge in [-0.1, -0.05) is 37.3 Å². The average molecular weight is 270 g/mol. The van der Waals surface area contributed by atoms with Crippen LogP contribution in [-0.2, 0) is 0 Å². The molecule has 0 nitrogen and oxygen atoms in total. The summed E-state index contributed by atoms with van der Waals surface area (Å²) in [6, 6.07) is 0. The molecule has 0 radical (unpaired) electrons. The standard InChI is InChI=1S/C16H21F3/c1-2-12-4-3-5-13(7-6-12)14-8-10-15(11-9-14)16(17,18)19/h3-7,13-15H,2,8-11H2,1H3. The van der Waals surface area contributed by atoms with Gasteiger partial charge >= 0.3 is 6.18 Å². The van der Waals surface area contributed by atoms with Gasteiger partial charge in [0.2, 0.25) is 0 Å². The van der Waals surface area contributed by atoms with E-state index in [0.717, 1.165) is 6.42 Å². The largest absolute Gasteiger partial charge is 0.391 e. The quantitative estimate of drug-likeness (QED) is 0.627. The van der Waals surface area contributed by atoms with Gasteiger partial charge in [-0.2, -0.15) is 13.2 Å². The molecule has 106 valence electrons. The van der Waals surface area contributed by atoms with Crippen LogP contribution >= 0.6 is 0 Å². The van der Waals surface area contributed by atoms with Crippen molar-refractivity contribution in [2.75, 3.05) is 0 Å². The monoisotopic (exact) mass is 270 g/mol. The number of halogens is 3. The normalized spacial score (nSPS) is 32.0. The molecule has 3 heteroatoms. The topological polar surface area (TPSA) is 0 Å². The molecule has 1 unspecified atom stereocenters. The van der Waals surface area contributed by atoms with Gasteiger partial charge in [-0.3, -0.25) is 0 Å². The highest BCUT2D eigenvalue weighted by Crippen LogP contribution is 2.42. The second kappa shape index (κ2) is 5.98. The van der Waals surface area contributed by atoms with Gasteiger partial charge < -0.3 is 0 Å². The molecule has 1 fully saturated rings. The van der Waals surface area contributed by atoms with Crippen LogP contribution < -0.4 is 0 Å². The van der Waals surface area contributed by atoms with E-state index in [1.807, 2.05) is 0 Å². The zero-order valence-electron chi connectivity index (χ0n) is 11.3. The summed E-state index contributed by atoms with van der Waals surface area (Å²) in [4.78, 5) is 0. The Morgan fingerprint density at radius 1 is 1.11 bits per heavy atom. The number of alkyl halides is 3. The molecule has 0 aromatic heterocycles. The molecule has 0 amide bonds. The molecule has 2 rings (SSSR count). The second-order valence-corrected chi connectivity index (χ2v) is 5.57. The molecule has 0 spiro atoms. The third kappa shape index (κ3) is 3.74. The van der Waals surface area contributed by atoms with Crippen molar-refractivity contribution in [1.82, 2.24) is 0 Å². The second-order valence-electron chi connectivity index (χ2n) is 5.57. The fraction of sp³-hybridized carbons (Fsp3) is 0.625. The molecule has 19 heavy (non-hydrogen) atoms. The molecule has 0 bridgehead atoms. The van der Waals surface area contributed by atoms with Gasteiger partial charge in [0.25, 0.3) is 0 Å². The van der Waals surface area contributed by atoms with Gasteiger partial charge in [-0.15, -0.1) is 0 Å². The molecule has 0 aromatic rings. The summed E-state index contributed by atoms with van der Waals surface area (Å²) in [6.07, 6.45) is 9.52. The van der Waals surface area contributed by atoms with Crippen molar-refractivity contribution in [3.8, 4) is 0 Å². The Morgan fingerprint density at radius 3 is 2.37 bits per heavy atom. The molecule has 2 aliphatic carbocycles. The smallest absolute Gasteiger partial charge is 0.171 e. The zero-order chi connectivity index (χ0) is 13.9. The lowest BCUT2D eigenvalue weighted by molar-refractivity contribution is -0.184. The molecular formula is C16H21F3. The van der Waals surface area contributed by atoms with E-state index in [1.54, 1.807) is 0 Å². The zero-order valence-corrected chi connectivity index (χ0v) is 11.3. The summed E-state index contributed by atoms with van der Waals surface area (Å²) < 4.78 is 37.9. The molecule has 0 N–H and O–H groups in total. The molecule has 1 saturated carbocycles. The number of rotatable bonds is 2. The maximum absolute atomic E-state index is 12.6. The van der Waals surface area contributed by atoms with Crippen LogP contribution in [-0.4, -0.2) is 6.18 Å². The van der Waals surface area contributed by atoms with Crippen molar-refractivity contribution >= 4 is 0 Å². The maximum Gasteiger partial charge on any atom is 0.391 e. The third-order valence-electron chi connectivity index (χ3n) is 4.36. The van der Waals surface area contributed by atoms with Crippen LogP contribution in [0.25, 0.3) is 0 Å². The minimum atomic E-state index is -4.00. The first kappa shape index (κ1) is 14.4. The van der Waals surface area contributed by atoms with Crippen LogP contribution in [0.5, 0.6) is 0 Å². The lowest BCUT2D eigenvalue weighted by atomic mass is 9.75. The van der Waals surface area contributed by atoms with Gasteiger partial charge in [-0.05, 0) is 49.5 Å². The Balaban J connectivity index is 1.92. The van der Waals surface area contributed by atoms with E-state index in [0.29, 0.717) is 37.5 Å². The Kier molecular flexibility index (Phi) is 4.54. The van der Waals surface area contributed by atoms with Crippen LogP contribution in [0.1, 0.15) is 39.0 Å². The van der Waals surface area contributed by atoms with Gasteiger partial charge in [-0.25, -0.2) is 0 Å².